The minimum Gasteiger partial charge on any atom is -0.364 e. The summed E-state index contributed by atoms with van der Waals surface area (Å²) in [5.41, 5.74) is 7.22. The molecule has 1 fully saturated rings. The number of primary amides is 1. The summed E-state index contributed by atoms with van der Waals surface area (Å²) in [4.78, 5) is 25.1. The quantitative estimate of drug-likeness (QED) is 0.510. The number of hydrogen-bond acceptors (Lipinski definition) is 7. The number of likely N-dealkylation sites (N-methyl/N-ethyl adjacent to an activating group) is 1. The third-order valence-corrected chi connectivity index (χ3v) is 5.34. The van der Waals surface area contributed by atoms with Crippen LogP contribution in [-0.2, 0) is 0 Å². The molecule has 0 saturated heterocycles. The molecule has 29 heavy (non-hydrogen) atoms. The molecule has 2 atom stereocenters. The number of benzene rings is 1. The van der Waals surface area contributed by atoms with E-state index in [1.807, 2.05) is 37.4 Å². The summed E-state index contributed by atoms with van der Waals surface area (Å²) in [6.07, 6.45) is 7.89. The van der Waals surface area contributed by atoms with Gasteiger partial charge in [-0.3, -0.25) is 9.78 Å². The van der Waals surface area contributed by atoms with Crippen LogP contribution in [0.2, 0.25) is 0 Å². The second-order valence-corrected chi connectivity index (χ2v) is 7.28. The van der Waals surface area contributed by atoms with E-state index in [0.717, 1.165) is 29.4 Å². The van der Waals surface area contributed by atoms with Gasteiger partial charge in [-0.2, -0.15) is 0 Å². The van der Waals surface area contributed by atoms with E-state index in [1.165, 1.54) is 12.8 Å². The number of pyridine rings is 1. The topological polar surface area (TPSA) is 118 Å². The SMILES string of the molecule is CNC1CCCCC1Nc1cnc(C(N)=O)c(Nc2ccc3cccnc3c2)n1. The second-order valence-electron chi connectivity index (χ2n) is 7.28. The number of nitrogens with one attached hydrogen (secondary N) is 3. The first-order valence-electron chi connectivity index (χ1n) is 9.86. The van der Waals surface area contributed by atoms with Gasteiger partial charge >= 0.3 is 0 Å². The third-order valence-electron chi connectivity index (χ3n) is 5.34. The number of carbonyl (C=O) groups is 1. The van der Waals surface area contributed by atoms with E-state index in [9.17, 15) is 4.79 Å². The lowest BCUT2D eigenvalue weighted by atomic mass is 9.90. The summed E-state index contributed by atoms with van der Waals surface area (Å²) in [6.45, 7) is 0. The fraction of sp³-hybridized carbons (Fsp3) is 0.333. The van der Waals surface area contributed by atoms with Gasteiger partial charge in [-0.05, 0) is 38.1 Å². The van der Waals surface area contributed by atoms with Crippen LogP contribution in [0, 0.1) is 0 Å². The number of fused-ring (bicyclic) bond motifs is 1. The van der Waals surface area contributed by atoms with Gasteiger partial charge in [-0.1, -0.05) is 25.0 Å². The molecule has 1 saturated carbocycles. The second kappa shape index (κ2) is 8.40. The summed E-state index contributed by atoms with van der Waals surface area (Å²) in [5, 5.41) is 11.0. The number of anilines is 3. The molecular formula is C21H25N7O. The molecule has 3 aromatic rings. The normalized spacial score (nSPS) is 19.1. The highest BCUT2D eigenvalue weighted by molar-refractivity contribution is 5.96. The molecule has 2 heterocycles. The molecule has 0 aliphatic heterocycles. The monoisotopic (exact) mass is 391 g/mol. The maximum Gasteiger partial charge on any atom is 0.271 e. The largest absolute Gasteiger partial charge is 0.364 e. The van der Waals surface area contributed by atoms with Crippen molar-refractivity contribution in [3.05, 3.63) is 48.4 Å². The fourth-order valence-corrected chi connectivity index (χ4v) is 3.85. The Hall–Kier alpha value is -3.26. The number of amides is 1. The predicted octanol–water partition coefficient (Wildman–Crippen LogP) is 2.81. The lowest BCUT2D eigenvalue weighted by molar-refractivity contribution is 0.0996. The molecule has 0 radical (unpaired) electrons. The molecule has 2 aromatic heterocycles. The van der Waals surface area contributed by atoms with Gasteiger partial charge in [-0.15, -0.1) is 0 Å². The first-order valence-corrected chi connectivity index (χ1v) is 9.86. The lowest BCUT2D eigenvalue weighted by Crippen LogP contribution is -2.44. The van der Waals surface area contributed by atoms with Crippen molar-refractivity contribution in [1.82, 2.24) is 20.3 Å². The van der Waals surface area contributed by atoms with Gasteiger partial charge in [0.2, 0.25) is 0 Å². The summed E-state index contributed by atoms with van der Waals surface area (Å²) in [6, 6.07) is 10.3. The summed E-state index contributed by atoms with van der Waals surface area (Å²) in [5.74, 6) is 0.314. The highest BCUT2D eigenvalue weighted by atomic mass is 16.1. The Kier molecular flexibility index (Phi) is 5.53. The van der Waals surface area contributed by atoms with Crippen LogP contribution in [-0.4, -0.2) is 40.0 Å². The van der Waals surface area contributed by atoms with Crippen LogP contribution in [0.25, 0.3) is 10.9 Å². The van der Waals surface area contributed by atoms with Crippen molar-refractivity contribution >= 4 is 34.1 Å². The van der Waals surface area contributed by atoms with Crippen LogP contribution in [0.4, 0.5) is 17.3 Å². The van der Waals surface area contributed by atoms with Crippen molar-refractivity contribution < 1.29 is 4.79 Å². The van der Waals surface area contributed by atoms with E-state index in [4.69, 9.17) is 5.73 Å². The number of aromatic nitrogens is 3. The Morgan fingerprint density at radius 2 is 1.97 bits per heavy atom. The minimum atomic E-state index is -0.628. The Morgan fingerprint density at radius 3 is 2.76 bits per heavy atom. The van der Waals surface area contributed by atoms with E-state index in [1.54, 1.807) is 12.4 Å². The number of hydrogen-bond donors (Lipinski definition) is 4. The molecule has 8 nitrogen and oxygen atoms in total. The highest BCUT2D eigenvalue weighted by Crippen LogP contribution is 2.25. The molecule has 0 spiro atoms. The number of nitrogens with zero attached hydrogens (tertiary/aromatic N) is 3. The molecule has 1 aromatic carbocycles. The highest BCUT2D eigenvalue weighted by Gasteiger charge is 2.24. The molecule has 150 valence electrons. The zero-order chi connectivity index (χ0) is 20.2. The Balaban J connectivity index is 1.61. The lowest BCUT2D eigenvalue weighted by Gasteiger charge is -2.32. The molecule has 2 unspecified atom stereocenters. The molecule has 1 amide bonds. The van der Waals surface area contributed by atoms with Crippen LogP contribution in [0.15, 0.2) is 42.7 Å². The van der Waals surface area contributed by atoms with Crippen molar-refractivity contribution in [1.29, 1.82) is 0 Å². The Labute approximate surface area is 169 Å². The first-order chi connectivity index (χ1) is 14.1. The van der Waals surface area contributed by atoms with Crippen LogP contribution in [0.1, 0.15) is 36.2 Å². The fourth-order valence-electron chi connectivity index (χ4n) is 3.85. The molecule has 4 rings (SSSR count). The summed E-state index contributed by atoms with van der Waals surface area (Å²) < 4.78 is 0. The van der Waals surface area contributed by atoms with Crippen molar-refractivity contribution in [3.63, 3.8) is 0 Å². The zero-order valence-electron chi connectivity index (χ0n) is 16.4. The van der Waals surface area contributed by atoms with Gasteiger partial charge in [0, 0.05) is 29.4 Å². The van der Waals surface area contributed by atoms with Crippen molar-refractivity contribution in [2.24, 2.45) is 5.73 Å². The van der Waals surface area contributed by atoms with E-state index in [-0.39, 0.29) is 11.7 Å². The molecule has 1 aliphatic rings. The molecule has 1 aliphatic carbocycles. The van der Waals surface area contributed by atoms with Crippen LogP contribution >= 0.6 is 0 Å². The van der Waals surface area contributed by atoms with Crippen molar-refractivity contribution in [3.8, 4) is 0 Å². The van der Waals surface area contributed by atoms with Crippen molar-refractivity contribution in [2.75, 3.05) is 17.7 Å². The first kappa shape index (κ1) is 19.1. The summed E-state index contributed by atoms with van der Waals surface area (Å²) in [7, 11) is 1.98. The molecular weight excluding hydrogens is 366 g/mol. The van der Waals surface area contributed by atoms with E-state index in [0.29, 0.717) is 17.7 Å². The van der Waals surface area contributed by atoms with Crippen LogP contribution < -0.4 is 21.7 Å². The smallest absolute Gasteiger partial charge is 0.271 e. The van der Waals surface area contributed by atoms with E-state index < -0.39 is 5.91 Å². The third kappa shape index (κ3) is 4.27. The standard InChI is InChI=1S/C21H25N7O/c1-23-15-6-2-3-7-16(15)27-18-12-25-19(20(22)29)21(28-18)26-14-9-8-13-5-4-10-24-17(13)11-14/h4-5,8-12,15-16,23H,2-3,6-7H2,1H3,(H2,22,29)(H2,26,27,28). The average Bonchev–Trinajstić information content (AvgIpc) is 2.74. The summed E-state index contributed by atoms with van der Waals surface area (Å²) >= 11 is 0. The van der Waals surface area contributed by atoms with Gasteiger partial charge in [0.1, 0.15) is 5.82 Å². The number of nitrogens with two attached hydrogens (primary N) is 1. The molecule has 5 N–H and O–H groups in total. The average molecular weight is 391 g/mol. The maximum atomic E-state index is 11.9. The molecule has 8 heteroatoms. The van der Waals surface area contributed by atoms with Crippen LogP contribution in [0.3, 0.4) is 0 Å². The van der Waals surface area contributed by atoms with E-state index >= 15 is 0 Å². The van der Waals surface area contributed by atoms with Crippen LogP contribution in [0.5, 0.6) is 0 Å². The predicted molar refractivity (Wildman–Crippen MR) is 114 cm³/mol. The molecule has 0 bridgehead atoms. The maximum absolute atomic E-state index is 11.9. The van der Waals surface area contributed by atoms with Gasteiger partial charge in [-0.25, -0.2) is 9.97 Å². The van der Waals surface area contributed by atoms with Gasteiger partial charge in [0.05, 0.1) is 11.7 Å². The number of rotatable bonds is 6. The van der Waals surface area contributed by atoms with Gasteiger partial charge in [0.15, 0.2) is 11.5 Å². The zero-order valence-corrected chi connectivity index (χ0v) is 16.4. The van der Waals surface area contributed by atoms with Gasteiger partial charge < -0.3 is 21.7 Å². The number of carbonyl (C=O) groups excluding carboxylic acids is 1. The van der Waals surface area contributed by atoms with E-state index in [2.05, 4.69) is 30.9 Å². The minimum absolute atomic E-state index is 0.102. The Bertz CT molecular complexity index is 1020. The van der Waals surface area contributed by atoms with Gasteiger partial charge in [0.25, 0.3) is 5.91 Å². The van der Waals surface area contributed by atoms with Crippen molar-refractivity contribution in [2.45, 2.75) is 37.8 Å². The Morgan fingerprint density at radius 1 is 1.14 bits per heavy atom.